The molecule has 0 spiro atoms. The third-order valence-electron chi connectivity index (χ3n) is 4.52. The van der Waals surface area contributed by atoms with Gasteiger partial charge in [0.05, 0.1) is 5.41 Å². The fraction of sp³-hybridized carbons (Fsp3) is 0.867. The van der Waals surface area contributed by atoms with Crippen molar-refractivity contribution < 1.29 is 14.7 Å². The summed E-state index contributed by atoms with van der Waals surface area (Å²) < 4.78 is 0. The van der Waals surface area contributed by atoms with Gasteiger partial charge in [-0.05, 0) is 37.6 Å². The van der Waals surface area contributed by atoms with E-state index in [9.17, 15) is 9.59 Å². The zero-order chi connectivity index (χ0) is 15.2. The number of hydrogen-bond acceptors (Lipinski definition) is 3. The van der Waals surface area contributed by atoms with Crippen LogP contribution in [0.5, 0.6) is 0 Å². The summed E-state index contributed by atoms with van der Waals surface area (Å²) in [4.78, 5) is 22.9. The predicted molar refractivity (Wildman–Crippen MR) is 78.4 cm³/mol. The van der Waals surface area contributed by atoms with Gasteiger partial charge in [-0.3, -0.25) is 9.59 Å². The van der Waals surface area contributed by atoms with Crippen molar-refractivity contribution in [3.05, 3.63) is 0 Å². The Morgan fingerprint density at radius 1 is 1.30 bits per heavy atom. The van der Waals surface area contributed by atoms with Gasteiger partial charge in [-0.2, -0.15) is 0 Å². The molecule has 1 amide bonds. The summed E-state index contributed by atoms with van der Waals surface area (Å²) in [5.41, 5.74) is -0.274. The zero-order valence-electron chi connectivity index (χ0n) is 12.9. The largest absolute Gasteiger partial charge is 0.481 e. The Kier molecular flexibility index (Phi) is 6.46. The summed E-state index contributed by atoms with van der Waals surface area (Å²) in [6.07, 6.45) is 2.60. The molecule has 116 valence electrons. The van der Waals surface area contributed by atoms with E-state index in [1.54, 1.807) is 0 Å². The quantitative estimate of drug-likeness (QED) is 0.633. The molecule has 1 aliphatic rings. The molecule has 0 aromatic heterocycles. The molecule has 2 unspecified atom stereocenters. The highest BCUT2D eigenvalue weighted by Gasteiger charge is 2.43. The van der Waals surface area contributed by atoms with Gasteiger partial charge >= 0.3 is 5.97 Å². The lowest BCUT2D eigenvalue weighted by Gasteiger charge is -2.31. The Labute approximate surface area is 121 Å². The molecule has 2 atom stereocenters. The normalized spacial score (nSPS) is 23.8. The molecule has 5 nitrogen and oxygen atoms in total. The zero-order valence-corrected chi connectivity index (χ0v) is 12.9. The van der Waals surface area contributed by atoms with Crippen molar-refractivity contribution in [2.24, 2.45) is 17.3 Å². The van der Waals surface area contributed by atoms with E-state index in [2.05, 4.69) is 24.5 Å². The summed E-state index contributed by atoms with van der Waals surface area (Å²) in [7, 11) is 0. The van der Waals surface area contributed by atoms with Gasteiger partial charge in [0.2, 0.25) is 5.91 Å². The summed E-state index contributed by atoms with van der Waals surface area (Å²) in [6.45, 7) is 8.52. The highest BCUT2D eigenvalue weighted by atomic mass is 16.4. The first-order valence-electron chi connectivity index (χ1n) is 7.59. The number of carboxylic acids is 1. The molecule has 0 bridgehead atoms. The second kappa shape index (κ2) is 7.62. The molecule has 1 saturated heterocycles. The van der Waals surface area contributed by atoms with Crippen LogP contribution in [0.4, 0.5) is 0 Å². The van der Waals surface area contributed by atoms with Crippen LogP contribution in [-0.4, -0.2) is 36.6 Å². The molecule has 0 aromatic carbocycles. The van der Waals surface area contributed by atoms with Gasteiger partial charge in [-0.25, -0.2) is 0 Å². The second-order valence-electron chi connectivity index (χ2n) is 6.32. The molecule has 0 aromatic rings. The molecular weight excluding hydrogens is 256 g/mol. The second-order valence-corrected chi connectivity index (χ2v) is 6.32. The Balaban J connectivity index is 2.33. The highest BCUT2D eigenvalue weighted by Crippen LogP contribution is 2.34. The molecule has 1 aliphatic heterocycles. The van der Waals surface area contributed by atoms with Gasteiger partial charge in [0, 0.05) is 19.5 Å². The lowest BCUT2D eigenvalue weighted by Crippen LogP contribution is -2.46. The standard InChI is InChI=1S/C15H28N2O3/c1-11(2)15(7-9-16-10-15)14(20)17-8-6-12(3)4-5-13(18)19/h11-12,16H,4-10H2,1-3H3,(H,17,20)(H,18,19). The maximum absolute atomic E-state index is 12.4. The minimum Gasteiger partial charge on any atom is -0.481 e. The molecule has 0 radical (unpaired) electrons. The average Bonchev–Trinajstić information content (AvgIpc) is 2.86. The van der Waals surface area contributed by atoms with Crippen LogP contribution in [0, 0.1) is 17.3 Å². The Bertz CT molecular complexity index is 336. The van der Waals surface area contributed by atoms with Gasteiger partial charge in [-0.15, -0.1) is 0 Å². The molecule has 20 heavy (non-hydrogen) atoms. The summed E-state index contributed by atoms with van der Waals surface area (Å²) in [6, 6.07) is 0. The molecule has 0 aliphatic carbocycles. The van der Waals surface area contributed by atoms with Crippen LogP contribution >= 0.6 is 0 Å². The van der Waals surface area contributed by atoms with Crippen molar-refractivity contribution in [1.82, 2.24) is 10.6 Å². The Morgan fingerprint density at radius 2 is 2.00 bits per heavy atom. The predicted octanol–water partition coefficient (Wildman–Crippen LogP) is 1.63. The number of amides is 1. The van der Waals surface area contributed by atoms with Crippen LogP contribution in [-0.2, 0) is 9.59 Å². The van der Waals surface area contributed by atoms with Gasteiger partial charge < -0.3 is 15.7 Å². The minimum absolute atomic E-state index is 0.142. The first-order chi connectivity index (χ1) is 9.38. The number of carboxylic acid groups (broad SMARTS) is 1. The molecule has 1 heterocycles. The lowest BCUT2D eigenvalue weighted by atomic mass is 9.75. The minimum atomic E-state index is -0.753. The van der Waals surface area contributed by atoms with Crippen LogP contribution < -0.4 is 10.6 Å². The van der Waals surface area contributed by atoms with Crippen LogP contribution in [0.25, 0.3) is 0 Å². The Hall–Kier alpha value is -1.10. The fourth-order valence-electron chi connectivity index (χ4n) is 2.78. The number of aliphatic carboxylic acids is 1. The molecule has 3 N–H and O–H groups in total. The molecule has 0 saturated carbocycles. The van der Waals surface area contributed by atoms with Crippen LogP contribution in [0.15, 0.2) is 0 Å². The van der Waals surface area contributed by atoms with Crippen LogP contribution in [0.3, 0.4) is 0 Å². The van der Waals surface area contributed by atoms with Crippen molar-refractivity contribution in [1.29, 1.82) is 0 Å². The van der Waals surface area contributed by atoms with Crippen LogP contribution in [0.2, 0.25) is 0 Å². The van der Waals surface area contributed by atoms with E-state index < -0.39 is 5.97 Å². The van der Waals surface area contributed by atoms with Crippen molar-refractivity contribution in [2.75, 3.05) is 19.6 Å². The number of hydrogen-bond donors (Lipinski definition) is 3. The third kappa shape index (κ3) is 4.47. The smallest absolute Gasteiger partial charge is 0.303 e. The average molecular weight is 284 g/mol. The molecule has 1 rings (SSSR count). The van der Waals surface area contributed by atoms with Gasteiger partial charge in [0.1, 0.15) is 0 Å². The van der Waals surface area contributed by atoms with E-state index in [1.165, 1.54) is 0 Å². The van der Waals surface area contributed by atoms with E-state index >= 15 is 0 Å². The van der Waals surface area contributed by atoms with E-state index in [-0.39, 0.29) is 17.7 Å². The number of carbonyl (C=O) groups excluding carboxylic acids is 1. The van der Waals surface area contributed by atoms with Gasteiger partial charge in [0.15, 0.2) is 0 Å². The fourth-order valence-corrected chi connectivity index (χ4v) is 2.78. The van der Waals surface area contributed by atoms with Gasteiger partial charge in [-0.1, -0.05) is 20.8 Å². The monoisotopic (exact) mass is 284 g/mol. The summed E-state index contributed by atoms with van der Waals surface area (Å²) in [5.74, 6) is 0.0321. The molecule has 1 fully saturated rings. The van der Waals surface area contributed by atoms with E-state index in [4.69, 9.17) is 5.11 Å². The van der Waals surface area contributed by atoms with E-state index in [0.29, 0.717) is 24.8 Å². The Morgan fingerprint density at radius 3 is 2.50 bits per heavy atom. The maximum Gasteiger partial charge on any atom is 0.303 e. The molecule has 5 heteroatoms. The van der Waals surface area contributed by atoms with E-state index in [0.717, 1.165) is 25.9 Å². The SMILES string of the molecule is CC(CCNC(=O)C1(C(C)C)CCNC1)CCC(=O)O. The maximum atomic E-state index is 12.4. The molecular formula is C15H28N2O3. The third-order valence-corrected chi connectivity index (χ3v) is 4.52. The number of carbonyl (C=O) groups is 2. The van der Waals surface area contributed by atoms with Crippen LogP contribution in [0.1, 0.15) is 46.5 Å². The van der Waals surface area contributed by atoms with Crippen molar-refractivity contribution in [3.8, 4) is 0 Å². The number of rotatable bonds is 8. The topological polar surface area (TPSA) is 78.4 Å². The highest BCUT2D eigenvalue weighted by molar-refractivity contribution is 5.83. The van der Waals surface area contributed by atoms with Crippen molar-refractivity contribution in [3.63, 3.8) is 0 Å². The first kappa shape index (κ1) is 17.0. The first-order valence-corrected chi connectivity index (χ1v) is 7.59. The van der Waals surface area contributed by atoms with E-state index in [1.807, 2.05) is 6.92 Å². The summed E-state index contributed by atoms with van der Waals surface area (Å²) >= 11 is 0. The lowest BCUT2D eigenvalue weighted by molar-refractivity contribution is -0.137. The summed E-state index contributed by atoms with van der Waals surface area (Å²) in [5, 5.41) is 15.0. The van der Waals surface area contributed by atoms with Gasteiger partial charge in [0.25, 0.3) is 0 Å². The number of nitrogens with one attached hydrogen (secondary N) is 2. The van der Waals surface area contributed by atoms with Crippen molar-refractivity contribution >= 4 is 11.9 Å². The van der Waals surface area contributed by atoms with Crippen molar-refractivity contribution in [2.45, 2.75) is 46.5 Å².